The van der Waals surface area contributed by atoms with Gasteiger partial charge in [0.05, 0.1) is 12.5 Å². The van der Waals surface area contributed by atoms with Crippen molar-refractivity contribution in [2.75, 3.05) is 12.4 Å². The maximum Gasteiger partial charge on any atom is 0.297 e. The van der Waals surface area contributed by atoms with Crippen LogP contribution in [0.25, 0.3) is 22.2 Å². The minimum atomic E-state index is -0.868. The molecule has 0 aliphatic rings. The zero-order valence-electron chi connectivity index (χ0n) is 17.8. The summed E-state index contributed by atoms with van der Waals surface area (Å²) >= 11 is 6.02. The molecule has 1 unspecified atom stereocenters. The second-order valence-corrected chi connectivity index (χ2v) is 7.65. The fraction of sp³-hybridized carbons (Fsp3) is 0.217. The number of hydrogen-bond donors (Lipinski definition) is 1. The van der Waals surface area contributed by atoms with Crippen molar-refractivity contribution in [3.63, 3.8) is 0 Å². The van der Waals surface area contributed by atoms with E-state index in [2.05, 4.69) is 15.6 Å². The van der Waals surface area contributed by atoms with Crippen molar-refractivity contribution in [1.82, 2.24) is 14.9 Å². The van der Waals surface area contributed by atoms with E-state index in [4.69, 9.17) is 20.9 Å². The number of nitrogens with one attached hydrogen (secondary N) is 1. The van der Waals surface area contributed by atoms with Crippen LogP contribution in [0.15, 0.2) is 57.8 Å². The Kier molecular flexibility index (Phi) is 5.96. The van der Waals surface area contributed by atoms with Gasteiger partial charge in [-0.1, -0.05) is 41.9 Å². The summed E-state index contributed by atoms with van der Waals surface area (Å²) in [5.74, 6) is 0.710. The van der Waals surface area contributed by atoms with Crippen molar-refractivity contribution in [1.29, 1.82) is 0 Å². The van der Waals surface area contributed by atoms with Gasteiger partial charge in [-0.25, -0.2) is 4.68 Å². The van der Waals surface area contributed by atoms with Crippen molar-refractivity contribution < 1.29 is 14.1 Å². The lowest BCUT2D eigenvalue weighted by molar-refractivity contribution is -0.119. The summed E-state index contributed by atoms with van der Waals surface area (Å²) in [4.78, 5) is 26.3. The molecule has 2 aromatic heterocycles. The van der Waals surface area contributed by atoms with Crippen LogP contribution in [0.1, 0.15) is 25.1 Å². The molecular weight excluding hydrogens is 432 g/mol. The quantitative estimate of drug-likeness (QED) is 0.458. The maximum absolute atomic E-state index is 13.2. The van der Waals surface area contributed by atoms with Crippen LogP contribution in [0, 0.1) is 6.92 Å². The zero-order valence-corrected chi connectivity index (χ0v) is 18.5. The third-order valence-corrected chi connectivity index (χ3v) is 5.37. The van der Waals surface area contributed by atoms with Crippen molar-refractivity contribution in [3.05, 3.63) is 69.7 Å². The molecule has 9 heteroatoms. The van der Waals surface area contributed by atoms with Crippen LogP contribution in [-0.2, 0) is 4.79 Å². The van der Waals surface area contributed by atoms with Crippen molar-refractivity contribution >= 4 is 34.1 Å². The number of anilines is 1. The van der Waals surface area contributed by atoms with E-state index in [1.165, 1.54) is 4.68 Å². The molecule has 164 valence electrons. The molecule has 4 rings (SSSR count). The molecular formula is C23H21ClN4O4. The molecule has 0 aliphatic heterocycles. The Hall–Kier alpha value is -3.65. The van der Waals surface area contributed by atoms with E-state index in [0.29, 0.717) is 45.3 Å². The average molecular weight is 453 g/mol. The third-order valence-electron chi connectivity index (χ3n) is 5.14. The Balaban J connectivity index is 1.85. The largest absolute Gasteiger partial charge is 0.497 e. The molecule has 0 saturated carbocycles. The number of nitrogens with zero attached hydrogens (tertiary/aromatic N) is 3. The molecule has 0 fully saturated rings. The van der Waals surface area contributed by atoms with E-state index >= 15 is 0 Å². The smallest absolute Gasteiger partial charge is 0.297 e. The van der Waals surface area contributed by atoms with Crippen LogP contribution in [-0.4, -0.2) is 28.0 Å². The first-order valence-electron chi connectivity index (χ1n) is 10.0. The molecule has 0 aliphatic carbocycles. The van der Waals surface area contributed by atoms with Crippen molar-refractivity contribution in [3.8, 4) is 17.0 Å². The molecule has 1 amide bonds. The Morgan fingerprint density at radius 3 is 2.75 bits per heavy atom. The normalized spacial score (nSPS) is 12.0. The van der Waals surface area contributed by atoms with E-state index in [0.717, 1.165) is 0 Å². The summed E-state index contributed by atoms with van der Waals surface area (Å²) in [6.07, 6.45) is 0.333. The molecule has 8 nitrogen and oxygen atoms in total. The Labute approximate surface area is 188 Å². The van der Waals surface area contributed by atoms with E-state index in [1.807, 2.05) is 18.2 Å². The molecule has 1 atom stereocenters. The van der Waals surface area contributed by atoms with Gasteiger partial charge in [-0.3, -0.25) is 9.59 Å². The molecule has 0 radical (unpaired) electrons. The monoisotopic (exact) mass is 452 g/mol. The van der Waals surface area contributed by atoms with Crippen LogP contribution in [0.4, 0.5) is 5.69 Å². The number of methoxy groups -OCH3 is 1. The third kappa shape index (κ3) is 3.97. The molecule has 1 N–H and O–H groups in total. The first-order valence-corrected chi connectivity index (χ1v) is 10.4. The van der Waals surface area contributed by atoms with E-state index in [1.54, 1.807) is 51.3 Å². The van der Waals surface area contributed by atoms with Gasteiger partial charge in [-0.2, -0.15) is 5.10 Å². The summed E-state index contributed by atoms with van der Waals surface area (Å²) in [7, 11) is 1.57. The van der Waals surface area contributed by atoms with Crippen LogP contribution in [0.5, 0.6) is 5.75 Å². The highest BCUT2D eigenvalue weighted by molar-refractivity contribution is 6.30. The molecule has 4 aromatic rings. The molecule has 0 spiro atoms. The van der Waals surface area contributed by atoms with Gasteiger partial charge in [0.15, 0.2) is 5.52 Å². The van der Waals surface area contributed by atoms with Crippen molar-refractivity contribution in [2.45, 2.75) is 26.3 Å². The lowest BCUT2D eigenvalue weighted by Crippen LogP contribution is -2.35. The number of aromatic nitrogens is 3. The fourth-order valence-electron chi connectivity index (χ4n) is 3.55. The molecule has 32 heavy (non-hydrogen) atoms. The summed E-state index contributed by atoms with van der Waals surface area (Å²) in [6, 6.07) is 13.2. The van der Waals surface area contributed by atoms with Crippen LogP contribution in [0.2, 0.25) is 5.02 Å². The standard InChI is InChI=1S/C23H21ClN4O4/c1-4-18(22(29)25-16-9-6-8-15(24)12-16)28-23(30)21-19(13(2)32-27-21)20(26-28)14-7-5-10-17(11-14)31-3/h5-12,18H,4H2,1-3H3,(H,25,29). The molecule has 2 aromatic carbocycles. The molecule has 0 saturated heterocycles. The fourth-order valence-corrected chi connectivity index (χ4v) is 3.74. The number of carbonyl (C=O) groups excluding carboxylic acids is 1. The first kappa shape index (κ1) is 21.6. The zero-order chi connectivity index (χ0) is 22.8. The Morgan fingerprint density at radius 1 is 1.25 bits per heavy atom. The SMILES string of the molecule is CCC(C(=O)Nc1cccc(Cl)c1)n1nc(-c2cccc(OC)c2)c2c(C)onc2c1=O. The molecule has 0 bridgehead atoms. The number of fused-ring (bicyclic) bond motifs is 1. The van der Waals surface area contributed by atoms with Gasteiger partial charge in [0.2, 0.25) is 5.91 Å². The topological polar surface area (TPSA) is 99.2 Å². The summed E-state index contributed by atoms with van der Waals surface area (Å²) in [5, 5.41) is 12.3. The Morgan fingerprint density at radius 2 is 2.03 bits per heavy atom. The second kappa shape index (κ2) is 8.84. The number of aryl methyl sites for hydroxylation is 1. The van der Waals surface area contributed by atoms with Gasteiger partial charge >= 0.3 is 0 Å². The van der Waals surface area contributed by atoms with Gasteiger partial charge < -0.3 is 14.6 Å². The van der Waals surface area contributed by atoms with Crippen LogP contribution in [0.3, 0.4) is 0 Å². The summed E-state index contributed by atoms with van der Waals surface area (Å²) in [6.45, 7) is 3.52. The highest BCUT2D eigenvalue weighted by Gasteiger charge is 2.26. The summed E-state index contributed by atoms with van der Waals surface area (Å²) < 4.78 is 11.8. The number of hydrogen-bond acceptors (Lipinski definition) is 6. The number of rotatable bonds is 6. The highest BCUT2D eigenvalue weighted by Crippen LogP contribution is 2.30. The summed E-state index contributed by atoms with van der Waals surface area (Å²) in [5.41, 5.74) is 1.33. The van der Waals surface area contributed by atoms with E-state index in [-0.39, 0.29) is 11.4 Å². The van der Waals surface area contributed by atoms with Crippen molar-refractivity contribution in [2.24, 2.45) is 0 Å². The average Bonchev–Trinajstić information content (AvgIpc) is 3.18. The minimum Gasteiger partial charge on any atom is -0.497 e. The van der Waals surface area contributed by atoms with Gasteiger partial charge in [0.1, 0.15) is 23.2 Å². The highest BCUT2D eigenvalue weighted by atomic mass is 35.5. The number of benzene rings is 2. The van der Waals surface area contributed by atoms with Gasteiger partial charge in [-0.15, -0.1) is 0 Å². The predicted octanol–water partition coefficient (Wildman–Crippen LogP) is 4.61. The number of carbonyl (C=O) groups is 1. The van der Waals surface area contributed by atoms with E-state index < -0.39 is 11.6 Å². The first-order chi connectivity index (χ1) is 15.4. The van der Waals surface area contributed by atoms with Gasteiger partial charge in [0.25, 0.3) is 5.56 Å². The predicted molar refractivity (Wildman–Crippen MR) is 122 cm³/mol. The second-order valence-electron chi connectivity index (χ2n) is 7.22. The van der Waals surface area contributed by atoms with Crippen LogP contribution < -0.4 is 15.6 Å². The van der Waals surface area contributed by atoms with Crippen LogP contribution >= 0.6 is 11.6 Å². The van der Waals surface area contributed by atoms with Gasteiger partial charge in [0, 0.05) is 16.3 Å². The number of halogens is 1. The Bertz CT molecular complexity index is 1360. The van der Waals surface area contributed by atoms with Gasteiger partial charge in [-0.05, 0) is 43.7 Å². The number of amides is 1. The lowest BCUT2D eigenvalue weighted by Gasteiger charge is -2.18. The lowest BCUT2D eigenvalue weighted by atomic mass is 10.1. The maximum atomic E-state index is 13.2. The number of ether oxygens (including phenoxy) is 1. The minimum absolute atomic E-state index is 0.115. The van der Waals surface area contributed by atoms with E-state index in [9.17, 15) is 9.59 Å². The molecule has 2 heterocycles.